The summed E-state index contributed by atoms with van der Waals surface area (Å²) in [6.07, 6.45) is 22.8. The van der Waals surface area contributed by atoms with Crippen LogP contribution in [0.2, 0.25) is 0 Å². The van der Waals surface area contributed by atoms with E-state index in [1.165, 1.54) is 50.8 Å². The van der Waals surface area contributed by atoms with E-state index in [4.69, 9.17) is 4.84 Å². The highest BCUT2D eigenvalue weighted by Gasteiger charge is 2.03. The number of carbonyl (C=O) groups is 1. The molecular formula is C25H35F2NO2. The van der Waals surface area contributed by atoms with Gasteiger partial charge in [0.15, 0.2) is 11.6 Å². The number of allylic oxidation sites excluding steroid dienone is 4. The van der Waals surface area contributed by atoms with Crippen LogP contribution in [0.4, 0.5) is 8.78 Å². The van der Waals surface area contributed by atoms with E-state index in [-0.39, 0.29) is 0 Å². The third-order valence-electron chi connectivity index (χ3n) is 4.63. The minimum atomic E-state index is -0.962. The molecule has 166 valence electrons. The first kappa shape index (κ1) is 25.7. The van der Waals surface area contributed by atoms with Crippen LogP contribution >= 0.6 is 0 Å². The van der Waals surface area contributed by atoms with Gasteiger partial charge in [-0.1, -0.05) is 81.0 Å². The number of hydrogen-bond donors (Lipinski definition) is 0. The largest absolute Gasteiger partial charge is 0.335 e. The van der Waals surface area contributed by atoms with Crippen LogP contribution in [-0.4, -0.2) is 12.2 Å². The second kappa shape index (κ2) is 17.5. The van der Waals surface area contributed by atoms with Crippen LogP contribution in [-0.2, 0) is 9.63 Å². The molecule has 0 saturated heterocycles. The van der Waals surface area contributed by atoms with Gasteiger partial charge in [-0.3, -0.25) is 0 Å². The van der Waals surface area contributed by atoms with Gasteiger partial charge in [-0.05, 0) is 49.8 Å². The van der Waals surface area contributed by atoms with E-state index in [2.05, 4.69) is 36.4 Å². The zero-order valence-corrected chi connectivity index (χ0v) is 18.1. The van der Waals surface area contributed by atoms with Gasteiger partial charge in [0.05, 0.1) is 6.21 Å². The molecular weight excluding hydrogens is 384 g/mol. The number of carbonyl (C=O) groups excluding carboxylic acids is 1. The van der Waals surface area contributed by atoms with Gasteiger partial charge < -0.3 is 4.84 Å². The molecule has 1 rings (SSSR count). The summed E-state index contributed by atoms with van der Waals surface area (Å²) >= 11 is 0. The molecule has 30 heavy (non-hydrogen) atoms. The summed E-state index contributed by atoms with van der Waals surface area (Å²) in [6, 6.07) is 3.35. The molecule has 0 amide bonds. The predicted octanol–water partition coefficient (Wildman–Crippen LogP) is 7.66. The fourth-order valence-electron chi connectivity index (χ4n) is 2.85. The van der Waals surface area contributed by atoms with E-state index >= 15 is 0 Å². The van der Waals surface area contributed by atoms with Crippen molar-refractivity contribution in [1.29, 1.82) is 0 Å². The van der Waals surface area contributed by atoms with E-state index in [9.17, 15) is 13.6 Å². The molecule has 0 unspecified atom stereocenters. The number of unbranched alkanes of at least 4 members (excludes halogenated alkanes) is 8. The molecule has 0 radical (unpaired) electrons. The number of hydrogen-bond acceptors (Lipinski definition) is 3. The fourth-order valence-corrected chi connectivity index (χ4v) is 2.85. The predicted molar refractivity (Wildman–Crippen MR) is 119 cm³/mol. The standard InChI is InChI=1S/C25H35F2NO2/c1-2-3-4-5-6-7-8-9-10-11-12-13-14-15-16-17-25(29)30-28-21-22-18-19-23(26)24(27)20-22/h5-6,8-9,18-21H,2-4,7,10-17H2,1H3/b6-5-,9-8-,28-21-. The quantitative estimate of drug-likeness (QED) is 0.0907. The van der Waals surface area contributed by atoms with Crippen LogP contribution in [0.3, 0.4) is 0 Å². The number of halogens is 2. The van der Waals surface area contributed by atoms with Crippen LogP contribution in [0, 0.1) is 11.6 Å². The molecule has 0 aromatic heterocycles. The van der Waals surface area contributed by atoms with Gasteiger partial charge in [-0.25, -0.2) is 13.6 Å². The SMILES string of the molecule is CCCC/C=C\C/C=C\CCCCCCCCC(=O)O/N=C\c1ccc(F)c(F)c1. The normalized spacial score (nSPS) is 11.8. The highest BCUT2D eigenvalue weighted by Crippen LogP contribution is 2.10. The topological polar surface area (TPSA) is 38.7 Å². The van der Waals surface area contributed by atoms with Crippen molar-refractivity contribution < 1.29 is 18.4 Å². The number of rotatable bonds is 16. The third-order valence-corrected chi connectivity index (χ3v) is 4.63. The lowest BCUT2D eigenvalue weighted by Gasteiger charge is -2.00. The Balaban J connectivity index is 1.95. The van der Waals surface area contributed by atoms with Gasteiger partial charge in [-0.2, -0.15) is 0 Å². The molecule has 5 heteroatoms. The Morgan fingerprint density at radius 3 is 2.27 bits per heavy atom. The Morgan fingerprint density at radius 1 is 0.900 bits per heavy atom. The van der Waals surface area contributed by atoms with Crippen molar-refractivity contribution in [2.75, 3.05) is 0 Å². The summed E-state index contributed by atoms with van der Waals surface area (Å²) in [5, 5.41) is 3.53. The minimum Gasteiger partial charge on any atom is -0.318 e. The van der Waals surface area contributed by atoms with E-state index in [1.807, 2.05) is 0 Å². The van der Waals surface area contributed by atoms with Crippen molar-refractivity contribution in [3.8, 4) is 0 Å². The van der Waals surface area contributed by atoms with Crippen LogP contribution in [0.1, 0.15) is 89.5 Å². The molecule has 0 bridgehead atoms. The van der Waals surface area contributed by atoms with Gasteiger partial charge in [0, 0.05) is 6.42 Å². The Hall–Kier alpha value is -2.30. The molecule has 0 atom stereocenters. The van der Waals surface area contributed by atoms with E-state index < -0.39 is 17.6 Å². The molecule has 0 N–H and O–H groups in total. The van der Waals surface area contributed by atoms with E-state index in [0.717, 1.165) is 44.2 Å². The average Bonchev–Trinajstić information content (AvgIpc) is 2.73. The maximum absolute atomic E-state index is 13.0. The molecule has 0 fully saturated rings. The van der Waals surface area contributed by atoms with Crippen LogP contribution in [0.25, 0.3) is 0 Å². The minimum absolute atomic E-state index is 0.309. The summed E-state index contributed by atoms with van der Waals surface area (Å²) < 4.78 is 25.9. The van der Waals surface area contributed by atoms with Crippen molar-refractivity contribution in [3.05, 3.63) is 59.7 Å². The first-order valence-electron chi connectivity index (χ1n) is 11.1. The van der Waals surface area contributed by atoms with Gasteiger partial charge in [0.25, 0.3) is 0 Å². The molecule has 0 saturated carbocycles. The fraction of sp³-hybridized carbons (Fsp3) is 0.520. The van der Waals surface area contributed by atoms with Gasteiger partial charge >= 0.3 is 5.97 Å². The first-order valence-corrected chi connectivity index (χ1v) is 11.1. The van der Waals surface area contributed by atoms with Gasteiger partial charge in [-0.15, -0.1) is 0 Å². The van der Waals surface area contributed by atoms with Crippen molar-refractivity contribution in [1.82, 2.24) is 0 Å². The average molecular weight is 420 g/mol. The highest BCUT2D eigenvalue weighted by molar-refractivity contribution is 5.80. The van der Waals surface area contributed by atoms with Crippen molar-refractivity contribution in [3.63, 3.8) is 0 Å². The van der Waals surface area contributed by atoms with Crippen LogP contribution < -0.4 is 0 Å². The third kappa shape index (κ3) is 13.8. The Morgan fingerprint density at radius 2 is 1.57 bits per heavy atom. The lowest BCUT2D eigenvalue weighted by atomic mass is 10.1. The summed E-state index contributed by atoms with van der Waals surface area (Å²) in [5.41, 5.74) is 0.333. The van der Waals surface area contributed by atoms with Crippen molar-refractivity contribution in [2.24, 2.45) is 5.16 Å². The Bertz CT molecular complexity index is 684. The molecule has 1 aromatic rings. The summed E-state index contributed by atoms with van der Waals surface area (Å²) in [6.45, 7) is 2.21. The smallest absolute Gasteiger partial charge is 0.318 e. The van der Waals surface area contributed by atoms with Crippen LogP contribution in [0.15, 0.2) is 47.7 Å². The Labute approximate surface area is 179 Å². The molecule has 0 heterocycles. The maximum Gasteiger partial charge on any atom is 0.335 e. The molecule has 0 aliphatic heterocycles. The van der Waals surface area contributed by atoms with Gasteiger partial charge in [0.1, 0.15) is 0 Å². The summed E-state index contributed by atoms with van der Waals surface area (Å²) in [4.78, 5) is 16.3. The number of nitrogens with zero attached hydrogens (tertiary/aromatic N) is 1. The zero-order valence-electron chi connectivity index (χ0n) is 18.1. The van der Waals surface area contributed by atoms with Crippen molar-refractivity contribution >= 4 is 12.2 Å². The highest BCUT2D eigenvalue weighted by atomic mass is 19.2. The molecule has 3 nitrogen and oxygen atoms in total. The Kier molecular flexibility index (Phi) is 15.1. The zero-order chi connectivity index (χ0) is 21.9. The molecule has 1 aromatic carbocycles. The second-order valence-corrected chi connectivity index (χ2v) is 7.35. The lowest BCUT2D eigenvalue weighted by Crippen LogP contribution is -2.00. The molecule has 0 spiro atoms. The van der Waals surface area contributed by atoms with Crippen LogP contribution in [0.5, 0.6) is 0 Å². The number of benzene rings is 1. The molecule has 0 aliphatic carbocycles. The lowest BCUT2D eigenvalue weighted by molar-refractivity contribution is -0.143. The van der Waals surface area contributed by atoms with Gasteiger partial charge in [0.2, 0.25) is 0 Å². The first-order chi connectivity index (χ1) is 14.6. The monoisotopic (exact) mass is 419 g/mol. The molecule has 0 aliphatic rings. The number of oxime groups is 1. The maximum atomic E-state index is 13.0. The second-order valence-electron chi connectivity index (χ2n) is 7.35. The van der Waals surface area contributed by atoms with E-state index in [1.54, 1.807) is 0 Å². The van der Waals surface area contributed by atoms with Crippen molar-refractivity contribution in [2.45, 2.75) is 84.0 Å². The summed E-state index contributed by atoms with van der Waals surface area (Å²) in [5.74, 6) is -2.30. The van der Waals surface area contributed by atoms with E-state index in [0.29, 0.717) is 12.0 Å². The summed E-state index contributed by atoms with van der Waals surface area (Å²) in [7, 11) is 0.